The third-order valence-electron chi connectivity index (χ3n) is 4.62. The lowest BCUT2D eigenvalue weighted by Gasteiger charge is -2.15. The van der Waals surface area contributed by atoms with Crippen molar-refractivity contribution in [2.24, 2.45) is 0 Å². The molecule has 2 aromatic heterocycles. The summed E-state index contributed by atoms with van der Waals surface area (Å²) in [5, 5.41) is 3.09. The normalized spacial score (nSPS) is 12.2. The second-order valence-electron chi connectivity index (χ2n) is 6.60. The Morgan fingerprint density at radius 3 is 2.79 bits per heavy atom. The number of carbonyl (C=O) groups excluding carboxylic acids is 2. The molecule has 0 radical (unpaired) electrons. The van der Waals surface area contributed by atoms with Gasteiger partial charge in [-0.3, -0.25) is 9.20 Å². The zero-order chi connectivity index (χ0) is 20.8. The fourth-order valence-electron chi connectivity index (χ4n) is 2.91. The molecule has 29 heavy (non-hydrogen) atoms. The highest BCUT2D eigenvalue weighted by Gasteiger charge is 2.12. The van der Waals surface area contributed by atoms with E-state index in [2.05, 4.69) is 24.1 Å². The van der Waals surface area contributed by atoms with Crippen molar-refractivity contribution >= 4 is 40.9 Å². The molecule has 1 aromatic carbocycles. The van der Waals surface area contributed by atoms with Crippen molar-refractivity contribution in [3.63, 3.8) is 0 Å². The second kappa shape index (κ2) is 9.39. The number of carbonyl (C=O) groups is 2. The number of anilines is 1. The summed E-state index contributed by atoms with van der Waals surface area (Å²) in [6, 6.07) is 13.1. The highest BCUT2D eigenvalue weighted by Crippen LogP contribution is 2.26. The molecule has 2 heterocycles. The van der Waals surface area contributed by atoms with Crippen molar-refractivity contribution in [3.8, 4) is 0 Å². The van der Waals surface area contributed by atoms with Crippen LogP contribution >= 0.6 is 11.6 Å². The number of aromatic nitrogens is 2. The highest BCUT2D eigenvalue weighted by atomic mass is 35.5. The summed E-state index contributed by atoms with van der Waals surface area (Å²) in [7, 11) is 0. The van der Waals surface area contributed by atoms with E-state index >= 15 is 0 Å². The molecule has 0 aliphatic carbocycles. The van der Waals surface area contributed by atoms with Crippen LogP contribution in [0.5, 0.6) is 0 Å². The van der Waals surface area contributed by atoms with Gasteiger partial charge in [0, 0.05) is 18.0 Å². The van der Waals surface area contributed by atoms with Crippen LogP contribution in [0.4, 0.5) is 5.69 Å². The number of benzene rings is 1. The zero-order valence-electron chi connectivity index (χ0n) is 16.3. The van der Waals surface area contributed by atoms with Crippen molar-refractivity contribution in [1.82, 2.24) is 9.38 Å². The standard InChI is InChI=1S/C22H22ClN3O3/c1-3-15(2)16-8-4-5-9-17(16)24-20(27)14-29-21(28)12-11-18-22(23)25-19-10-6-7-13-26(18)19/h4-13,15H,3,14H2,1-2H3,(H,24,27)/b12-11+/t15-/m0/s1. The minimum Gasteiger partial charge on any atom is -0.452 e. The van der Waals surface area contributed by atoms with Crippen LogP contribution in [0, 0.1) is 0 Å². The summed E-state index contributed by atoms with van der Waals surface area (Å²) in [5.41, 5.74) is 3.02. The van der Waals surface area contributed by atoms with Crippen LogP contribution in [0.2, 0.25) is 5.15 Å². The summed E-state index contributed by atoms with van der Waals surface area (Å²) in [4.78, 5) is 28.4. The van der Waals surface area contributed by atoms with Gasteiger partial charge in [-0.1, -0.05) is 49.7 Å². The van der Waals surface area contributed by atoms with Gasteiger partial charge >= 0.3 is 5.97 Å². The third-order valence-corrected chi connectivity index (χ3v) is 4.90. The molecule has 7 heteroatoms. The van der Waals surface area contributed by atoms with E-state index in [-0.39, 0.29) is 11.8 Å². The van der Waals surface area contributed by atoms with Crippen LogP contribution < -0.4 is 5.32 Å². The summed E-state index contributed by atoms with van der Waals surface area (Å²) < 4.78 is 6.80. The number of hydrogen-bond donors (Lipinski definition) is 1. The van der Waals surface area contributed by atoms with Crippen molar-refractivity contribution in [3.05, 3.63) is 71.1 Å². The van der Waals surface area contributed by atoms with Crippen molar-refractivity contribution < 1.29 is 14.3 Å². The number of ether oxygens (including phenoxy) is 1. The van der Waals surface area contributed by atoms with Gasteiger partial charge in [-0.25, -0.2) is 9.78 Å². The summed E-state index contributed by atoms with van der Waals surface area (Å²) in [5.74, 6) is -0.722. The van der Waals surface area contributed by atoms with Gasteiger partial charge in [0.1, 0.15) is 5.65 Å². The molecule has 0 saturated heterocycles. The van der Waals surface area contributed by atoms with E-state index in [9.17, 15) is 9.59 Å². The van der Waals surface area contributed by atoms with Crippen LogP contribution in [0.15, 0.2) is 54.7 Å². The quantitative estimate of drug-likeness (QED) is 0.452. The molecule has 0 spiro atoms. The largest absolute Gasteiger partial charge is 0.452 e. The molecule has 3 aromatic rings. The molecule has 1 atom stereocenters. The Morgan fingerprint density at radius 2 is 2.00 bits per heavy atom. The van der Waals surface area contributed by atoms with Crippen molar-refractivity contribution in [2.45, 2.75) is 26.2 Å². The first-order valence-electron chi connectivity index (χ1n) is 9.35. The van der Waals surface area contributed by atoms with Gasteiger partial charge in [0.25, 0.3) is 5.91 Å². The van der Waals surface area contributed by atoms with Crippen LogP contribution in [0.3, 0.4) is 0 Å². The number of fused-ring (bicyclic) bond motifs is 1. The maximum absolute atomic E-state index is 12.2. The molecule has 150 valence electrons. The predicted octanol–water partition coefficient (Wildman–Crippen LogP) is 4.70. The number of para-hydroxylation sites is 1. The number of pyridine rings is 1. The molecular formula is C22H22ClN3O3. The monoisotopic (exact) mass is 411 g/mol. The number of halogens is 1. The van der Waals surface area contributed by atoms with Gasteiger partial charge in [-0.15, -0.1) is 0 Å². The number of nitrogens with zero attached hydrogens (tertiary/aromatic N) is 2. The molecule has 0 aliphatic rings. The molecule has 0 saturated carbocycles. The number of amides is 1. The van der Waals surface area contributed by atoms with Crippen molar-refractivity contribution in [1.29, 1.82) is 0 Å². The third kappa shape index (κ3) is 5.03. The number of nitrogens with one attached hydrogen (secondary N) is 1. The number of imidazole rings is 1. The molecule has 1 amide bonds. The van der Waals surface area contributed by atoms with E-state index in [0.717, 1.165) is 17.7 Å². The lowest BCUT2D eigenvalue weighted by Crippen LogP contribution is -2.21. The molecule has 0 aliphatic heterocycles. The molecule has 3 rings (SSSR count). The minimum absolute atomic E-state index is 0.277. The first kappa shape index (κ1) is 20.6. The average Bonchev–Trinajstić information content (AvgIpc) is 3.05. The van der Waals surface area contributed by atoms with E-state index in [1.54, 1.807) is 10.6 Å². The zero-order valence-corrected chi connectivity index (χ0v) is 17.0. The molecule has 0 bridgehead atoms. The lowest BCUT2D eigenvalue weighted by atomic mass is 9.97. The fourth-order valence-corrected chi connectivity index (χ4v) is 3.15. The molecular weight excluding hydrogens is 390 g/mol. The highest BCUT2D eigenvalue weighted by molar-refractivity contribution is 6.31. The lowest BCUT2D eigenvalue weighted by molar-refractivity contribution is -0.142. The van der Waals surface area contributed by atoms with Gasteiger partial charge in [0.15, 0.2) is 11.8 Å². The SMILES string of the molecule is CC[C@H](C)c1ccccc1NC(=O)COC(=O)/C=C/c1c(Cl)nc2ccccn12. The fraction of sp³-hybridized carbons (Fsp3) is 0.227. The number of esters is 1. The summed E-state index contributed by atoms with van der Waals surface area (Å²) in [6.45, 7) is 3.81. The Hall–Kier alpha value is -3.12. The maximum atomic E-state index is 12.2. The van der Waals surface area contributed by atoms with Crippen molar-refractivity contribution in [2.75, 3.05) is 11.9 Å². The Labute approximate surface area is 174 Å². The summed E-state index contributed by atoms with van der Waals surface area (Å²) >= 11 is 6.12. The first-order valence-corrected chi connectivity index (χ1v) is 9.73. The molecule has 0 fully saturated rings. The average molecular weight is 412 g/mol. The van der Waals surface area contributed by atoms with Crippen LogP contribution in [-0.2, 0) is 14.3 Å². The second-order valence-corrected chi connectivity index (χ2v) is 6.96. The Kier molecular flexibility index (Phi) is 6.67. The number of hydrogen-bond acceptors (Lipinski definition) is 4. The Morgan fingerprint density at radius 1 is 1.24 bits per heavy atom. The van der Waals surface area contributed by atoms with Gasteiger partial charge in [-0.2, -0.15) is 0 Å². The molecule has 1 N–H and O–H groups in total. The summed E-state index contributed by atoms with van der Waals surface area (Å²) in [6.07, 6.45) is 5.49. The van der Waals surface area contributed by atoms with E-state index < -0.39 is 11.9 Å². The first-order chi connectivity index (χ1) is 14.0. The minimum atomic E-state index is -0.641. The number of rotatable bonds is 7. The Bertz CT molecular complexity index is 1060. The molecule has 6 nitrogen and oxygen atoms in total. The van der Waals surface area contributed by atoms with Crippen LogP contribution in [-0.4, -0.2) is 27.9 Å². The van der Waals surface area contributed by atoms with E-state index in [1.807, 2.05) is 42.5 Å². The van der Waals surface area contributed by atoms with Gasteiger partial charge in [-0.05, 0) is 42.2 Å². The predicted molar refractivity (Wildman–Crippen MR) is 114 cm³/mol. The van der Waals surface area contributed by atoms with E-state index in [4.69, 9.17) is 16.3 Å². The van der Waals surface area contributed by atoms with E-state index in [1.165, 1.54) is 12.2 Å². The van der Waals surface area contributed by atoms with Crippen LogP contribution in [0.25, 0.3) is 11.7 Å². The topological polar surface area (TPSA) is 72.7 Å². The van der Waals surface area contributed by atoms with Gasteiger partial charge in [0.05, 0.1) is 5.69 Å². The van der Waals surface area contributed by atoms with E-state index in [0.29, 0.717) is 17.3 Å². The van der Waals surface area contributed by atoms with Gasteiger partial charge < -0.3 is 10.1 Å². The maximum Gasteiger partial charge on any atom is 0.331 e. The smallest absolute Gasteiger partial charge is 0.331 e. The van der Waals surface area contributed by atoms with Crippen LogP contribution in [0.1, 0.15) is 37.4 Å². The Balaban J connectivity index is 1.59. The van der Waals surface area contributed by atoms with Gasteiger partial charge in [0.2, 0.25) is 0 Å². The molecule has 0 unspecified atom stereocenters.